The minimum absolute atomic E-state index is 0.0698. The van der Waals surface area contributed by atoms with Crippen molar-refractivity contribution in [3.05, 3.63) is 40.1 Å². The second-order valence-corrected chi connectivity index (χ2v) is 4.57. The number of hydrogen-bond donors (Lipinski definition) is 2. The fourth-order valence-electron chi connectivity index (χ4n) is 1.64. The summed E-state index contributed by atoms with van der Waals surface area (Å²) in [5.41, 5.74) is 0.0698. The summed E-state index contributed by atoms with van der Waals surface area (Å²) in [6.45, 7) is -0.484. The highest BCUT2D eigenvalue weighted by Crippen LogP contribution is 2.29. The summed E-state index contributed by atoms with van der Waals surface area (Å²) >= 11 is 11.9. The van der Waals surface area contributed by atoms with Crippen LogP contribution < -0.4 is 5.32 Å². The molecule has 0 fully saturated rings. The summed E-state index contributed by atoms with van der Waals surface area (Å²) in [7, 11) is 0. The van der Waals surface area contributed by atoms with Gasteiger partial charge in [0.15, 0.2) is 0 Å². The lowest BCUT2D eigenvalue weighted by Gasteiger charge is -2.07. The molecular formula is C12H8Cl2N2O3. The molecule has 2 rings (SSSR count). The number of pyridine rings is 1. The van der Waals surface area contributed by atoms with E-state index in [1.54, 1.807) is 12.1 Å². The Morgan fingerprint density at radius 2 is 2.05 bits per heavy atom. The second-order valence-electron chi connectivity index (χ2n) is 3.72. The van der Waals surface area contributed by atoms with E-state index in [-0.39, 0.29) is 10.7 Å². The third-order valence-electron chi connectivity index (χ3n) is 2.40. The van der Waals surface area contributed by atoms with E-state index in [9.17, 15) is 9.59 Å². The van der Waals surface area contributed by atoms with Gasteiger partial charge in [-0.15, -0.1) is 0 Å². The maximum absolute atomic E-state index is 11.9. The highest BCUT2D eigenvalue weighted by atomic mass is 35.5. The van der Waals surface area contributed by atoms with E-state index in [2.05, 4.69) is 10.3 Å². The van der Waals surface area contributed by atoms with Crippen molar-refractivity contribution in [2.75, 3.05) is 6.54 Å². The van der Waals surface area contributed by atoms with Gasteiger partial charge in [-0.2, -0.15) is 0 Å². The normalized spacial score (nSPS) is 10.4. The van der Waals surface area contributed by atoms with Gasteiger partial charge in [-0.25, -0.2) is 0 Å². The topological polar surface area (TPSA) is 79.3 Å². The lowest BCUT2D eigenvalue weighted by molar-refractivity contribution is -0.135. The molecule has 0 saturated carbocycles. The van der Waals surface area contributed by atoms with Gasteiger partial charge in [0, 0.05) is 16.6 Å². The Labute approximate surface area is 118 Å². The number of benzene rings is 1. The number of hydrogen-bond acceptors (Lipinski definition) is 3. The molecule has 0 saturated heterocycles. The Hall–Kier alpha value is -1.85. The van der Waals surface area contributed by atoms with Crippen molar-refractivity contribution in [3.63, 3.8) is 0 Å². The molecule has 1 amide bonds. The summed E-state index contributed by atoms with van der Waals surface area (Å²) in [6.07, 6.45) is 1.44. The maximum Gasteiger partial charge on any atom is 0.322 e. The van der Waals surface area contributed by atoms with Gasteiger partial charge in [-0.1, -0.05) is 23.2 Å². The van der Waals surface area contributed by atoms with Gasteiger partial charge in [0.2, 0.25) is 0 Å². The number of carbonyl (C=O) groups excluding carboxylic acids is 1. The van der Waals surface area contributed by atoms with Gasteiger partial charge >= 0.3 is 5.97 Å². The predicted molar refractivity (Wildman–Crippen MR) is 71.7 cm³/mol. The second kappa shape index (κ2) is 5.42. The van der Waals surface area contributed by atoms with E-state index < -0.39 is 18.4 Å². The van der Waals surface area contributed by atoms with E-state index in [0.29, 0.717) is 15.8 Å². The number of nitrogens with one attached hydrogen (secondary N) is 1. The zero-order chi connectivity index (χ0) is 14.0. The van der Waals surface area contributed by atoms with Gasteiger partial charge in [-0.3, -0.25) is 14.6 Å². The monoisotopic (exact) mass is 298 g/mol. The number of carboxylic acid groups (broad SMARTS) is 1. The third-order valence-corrected chi connectivity index (χ3v) is 2.91. The van der Waals surface area contributed by atoms with E-state index in [1.807, 2.05) is 0 Å². The molecule has 1 heterocycles. The minimum atomic E-state index is -1.14. The van der Waals surface area contributed by atoms with Crippen LogP contribution in [0.25, 0.3) is 10.8 Å². The first kappa shape index (κ1) is 13.6. The van der Waals surface area contributed by atoms with Crippen molar-refractivity contribution in [1.29, 1.82) is 0 Å². The van der Waals surface area contributed by atoms with Crippen LogP contribution >= 0.6 is 23.2 Å². The highest BCUT2D eigenvalue weighted by Gasteiger charge is 2.15. The molecule has 0 unspecified atom stereocenters. The molecule has 5 nitrogen and oxygen atoms in total. The Morgan fingerprint density at radius 3 is 2.74 bits per heavy atom. The number of carboxylic acids is 1. The Kier molecular flexibility index (Phi) is 3.87. The number of nitrogens with zero attached hydrogens (tertiary/aromatic N) is 1. The molecule has 19 heavy (non-hydrogen) atoms. The quantitative estimate of drug-likeness (QED) is 0.911. The zero-order valence-electron chi connectivity index (χ0n) is 9.48. The molecule has 1 aromatic heterocycles. The number of rotatable bonds is 3. The van der Waals surface area contributed by atoms with Crippen molar-refractivity contribution in [1.82, 2.24) is 10.3 Å². The standard InChI is InChI=1S/C12H8Cl2N2O3/c13-7-3-6-1-2-15-11(10(6)8(14)4-7)12(19)16-5-9(17)18/h1-4H,5H2,(H,16,19)(H,17,18). The van der Waals surface area contributed by atoms with E-state index >= 15 is 0 Å². The predicted octanol–water partition coefficient (Wildman–Crippen LogP) is 2.36. The third kappa shape index (κ3) is 2.94. The molecule has 0 atom stereocenters. The average Bonchev–Trinajstić information content (AvgIpc) is 2.34. The lowest BCUT2D eigenvalue weighted by atomic mass is 10.1. The van der Waals surface area contributed by atoms with Crippen molar-refractivity contribution >= 4 is 45.9 Å². The Morgan fingerprint density at radius 1 is 1.32 bits per heavy atom. The van der Waals surface area contributed by atoms with E-state index in [4.69, 9.17) is 28.3 Å². The first-order valence-corrected chi connectivity index (χ1v) is 5.98. The summed E-state index contributed by atoms with van der Waals surface area (Å²) in [6, 6.07) is 4.82. The molecule has 0 spiro atoms. The first-order valence-electron chi connectivity index (χ1n) is 5.23. The summed E-state index contributed by atoms with van der Waals surface area (Å²) in [5, 5.41) is 12.6. The van der Waals surface area contributed by atoms with Crippen LogP contribution in [0.2, 0.25) is 10.0 Å². The van der Waals surface area contributed by atoms with Gasteiger partial charge in [-0.05, 0) is 23.6 Å². The fraction of sp³-hybridized carbons (Fsp3) is 0.0833. The molecule has 0 radical (unpaired) electrons. The number of carbonyl (C=O) groups is 2. The van der Waals surface area contributed by atoms with Crippen LogP contribution in [0.3, 0.4) is 0 Å². The number of amides is 1. The van der Waals surface area contributed by atoms with Crippen molar-refractivity contribution in [2.45, 2.75) is 0 Å². The fourth-order valence-corrected chi connectivity index (χ4v) is 2.24. The molecular weight excluding hydrogens is 291 g/mol. The van der Waals surface area contributed by atoms with Gasteiger partial charge < -0.3 is 10.4 Å². The molecule has 0 aliphatic carbocycles. The maximum atomic E-state index is 11.9. The summed E-state index contributed by atoms with van der Waals surface area (Å²) < 4.78 is 0. The molecule has 0 aliphatic rings. The van der Waals surface area contributed by atoms with Crippen LogP contribution in [-0.2, 0) is 4.79 Å². The molecule has 1 aromatic carbocycles. The van der Waals surface area contributed by atoms with E-state index in [0.717, 1.165) is 0 Å². The zero-order valence-corrected chi connectivity index (χ0v) is 11.0. The number of fused-ring (bicyclic) bond motifs is 1. The summed E-state index contributed by atoms with van der Waals surface area (Å²) in [5.74, 6) is -1.74. The molecule has 7 heteroatoms. The van der Waals surface area contributed by atoms with Crippen LogP contribution in [0.1, 0.15) is 10.5 Å². The molecule has 98 valence electrons. The minimum Gasteiger partial charge on any atom is -0.480 e. The number of aliphatic carboxylic acids is 1. The number of halogens is 2. The van der Waals surface area contributed by atoms with Crippen LogP contribution in [0, 0.1) is 0 Å². The largest absolute Gasteiger partial charge is 0.480 e. The highest BCUT2D eigenvalue weighted by molar-refractivity contribution is 6.39. The van der Waals surface area contributed by atoms with E-state index in [1.165, 1.54) is 12.3 Å². The average molecular weight is 299 g/mol. The Bertz CT molecular complexity index is 673. The molecule has 0 bridgehead atoms. The molecule has 0 aliphatic heterocycles. The van der Waals surface area contributed by atoms with Gasteiger partial charge in [0.25, 0.3) is 5.91 Å². The SMILES string of the molecule is O=C(O)CNC(=O)c1nccc2cc(Cl)cc(Cl)c12. The van der Waals surface area contributed by atoms with Crippen molar-refractivity contribution in [2.24, 2.45) is 0 Å². The molecule has 2 aromatic rings. The first-order chi connectivity index (χ1) is 8.99. The summed E-state index contributed by atoms with van der Waals surface area (Å²) in [4.78, 5) is 26.2. The molecule has 2 N–H and O–H groups in total. The van der Waals surface area contributed by atoms with Crippen LogP contribution in [0.15, 0.2) is 24.4 Å². The lowest BCUT2D eigenvalue weighted by Crippen LogP contribution is -2.30. The Balaban J connectivity index is 2.49. The van der Waals surface area contributed by atoms with Crippen molar-refractivity contribution in [3.8, 4) is 0 Å². The van der Waals surface area contributed by atoms with Crippen LogP contribution in [-0.4, -0.2) is 28.5 Å². The van der Waals surface area contributed by atoms with Crippen molar-refractivity contribution < 1.29 is 14.7 Å². The van der Waals surface area contributed by atoms with Gasteiger partial charge in [0.05, 0.1) is 5.02 Å². The smallest absolute Gasteiger partial charge is 0.322 e. The van der Waals surface area contributed by atoms with Crippen LogP contribution in [0.5, 0.6) is 0 Å². The number of aromatic nitrogens is 1. The van der Waals surface area contributed by atoms with Gasteiger partial charge in [0.1, 0.15) is 12.2 Å². The van der Waals surface area contributed by atoms with Crippen LogP contribution in [0.4, 0.5) is 0 Å².